The van der Waals surface area contributed by atoms with Crippen molar-refractivity contribution in [2.75, 3.05) is 39.8 Å². The van der Waals surface area contributed by atoms with Gasteiger partial charge in [0.05, 0.1) is 17.9 Å². The summed E-state index contributed by atoms with van der Waals surface area (Å²) < 4.78 is 80.4. The summed E-state index contributed by atoms with van der Waals surface area (Å²) in [4.78, 5) is 20.2. The summed E-state index contributed by atoms with van der Waals surface area (Å²) in [6, 6.07) is 0.255. The third-order valence-corrected chi connectivity index (χ3v) is 9.55. The summed E-state index contributed by atoms with van der Waals surface area (Å²) >= 11 is 0. The summed E-state index contributed by atoms with van der Waals surface area (Å²) in [6.07, 6.45) is -3.22. The molecule has 0 spiro atoms. The highest BCUT2D eigenvalue weighted by atomic mass is 19.4. The summed E-state index contributed by atoms with van der Waals surface area (Å²) in [6.45, 7) is 8.20. The lowest BCUT2D eigenvalue weighted by Crippen LogP contribution is -2.56. The molecule has 3 aliphatic rings. The van der Waals surface area contributed by atoms with Crippen molar-refractivity contribution in [2.45, 2.75) is 109 Å². The van der Waals surface area contributed by atoms with Gasteiger partial charge >= 0.3 is 12.4 Å². The Morgan fingerprint density at radius 2 is 1.37 bits per heavy atom. The van der Waals surface area contributed by atoms with E-state index in [9.17, 15) is 31.1 Å². The number of halogens is 6. The van der Waals surface area contributed by atoms with Crippen molar-refractivity contribution in [2.24, 2.45) is 23.7 Å². The molecule has 0 bridgehead atoms. The van der Waals surface area contributed by atoms with E-state index in [1.165, 1.54) is 6.42 Å². The highest BCUT2D eigenvalue weighted by Crippen LogP contribution is 2.48. The monoisotopic (exact) mass is 555 g/mol. The van der Waals surface area contributed by atoms with Crippen molar-refractivity contribution in [3.8, 4) is 0 Å². The summed E-state index contributed by atoms with van der Waals surface area (Å²) in [5.74, 6) is -4.33. The molecule has 3 fully saturated rings. The lowest BCUT2D eigenvalue weighted by Gasteiger charge is -2.44. The number of rotatable bonds is 9. The number of alkyl halides is 6. The smallest absolute Gasteiger partial charge is 0.344 e. The fourth-order valence-electron chi connectivity index (χ4n) is 7.29. The first kappa shape index (κ1) is 31.5. The van der Waals surface area contributed by atoms with Crippen LogP contribution in [0.1, 0.15) is 84.5 Å². The standard InChI is InChI=1S/C28H47F6N3O/c1-4-36(5-2)24-12-15-37(16-13-24)25(21-9-7-6-8-10-21)26(38)35(3)14-11-20-17-22(27(29,30)31)19-23(18-20)28(32,33)34/h20-25H,4-19H2,1-3H3. The average Bonchev–Trinajstić information content (AvgIpc) is 2.88. The molecule has 4 nitrogen and oxygen atoms in total. The molecule has 1 heterocycles. The number of likely N-dealkylation sites (tertiary alicyclic amines) is 1. The van der Waals surface area contributed by atoms with Gasteiger partial charge in [-0.1, -0.05) is 33.1 Å². The molecular formula is C28H47F6N3O. The molecule has 3 atom stereocenters. The van der Waals surface area contributed by atoms with Gasteiger partial charge in [-0.15, -0.1) is 0 Å². The van der Waals surface area contributed by atoms with Crippen molar-refractivity contribution in [3.63, 3.8) is 0 Å². The van der Waals surface area contributed by atoms with Crippen LogP contribution in [-0.4, -0.2) is 84.8 Å². The molecule has 1 aliphatic heterocycles. The van der Waals surface area contributed by atoms with Gasteiger partial charge in [-0.05, 0) is 76.3 Å². The maximum Gasteiger partial charge on any atom is 0.391 e. The molecule has 1 saturated heterocycles. The predicted molar refractivity (Wildman–Crippen MR) is 137 cm³/mol. The van der Waals surface area contributed by atoms with Gasteiger partial charge in [0.25, 0.3) is 0 Å². The number of hydrogen-bond acceptors (Lipinski definition) is 3. The van der Waals surface area contributed by atoms with Crippen molar-refractivity contribution in [1.82, 2.24) is 14.7 Å². The van der Waals surface area contributed by atoms with Gasteiger partial charge < -0.3 is 9.80 Å². The zero-order chi connectivity index (χ0) is 28.1. The van der Waals surface area contributed by atoms with E-state index in [-0.39, 0.29) is 43.7 Å². The molecule has 3 rings (SSSR count). The van der Waals surface area contributed by atoms with Crippen LogP contribution in [0.4, 0.5) is 26.3 Å². The second-order valence-corrected chi connectivity index (χ2v) is 11.9. The first-order chi connectivity index (χ1) is 17.8. The molecule has 0 radical (unpaired) electrons. The molecule has 2 aliphatic carbocycles. The Kier molecular flexibility index (Phi) is 11.2. The first-order valence-corrected chi connectivity index (χ1v) is 14.7. The van der Waals surface area contributed by atoms with E-state index in [4.69, 9.17) is 0 Å². The van der Waals surface area contributed by atoms with Gasteiger partial charge in [-0.2, -0.15) is 26.3 Å². The molecule has 0 aromatic heterocycles. The quantitative estimate of drug-likeness (QED) is 0.295. The third kappa shape index (κ3) is 8.24. The first-order valence-electron chi connectivity index (χ1n) is 14.7. The zero-order valence-electron chi connectivity index (χ0n) is 23.3. The highest BCUT2D eigenvalue weighted by Gasteiger charge is 2.51. The lowest BCUT2D eigenvalue weighted by atomic mass is 9.73. The minimum Gasteiger partial charge on any atom is -0.344 e. The third-order valence-electron chi connectivity index (χ3n) is 9.55. The van der Waals surface area contributed by atoms with E-state index in [0.29, 0.717) is 6.04 Å². The molecule has 38 heavy (non-hydrogen) atoms. The Morgan fingerprint density at radius 3 is 1.84 bits per heavy atom. The number of likely N-dealkylation sites (N-methyl/N-ethyl adjacent to an activating group) is 1. The van der Waals surface area contributed by atoms with Crippen LogP contribution in [0.25, 0.3) is 0 Å². The van der Waals surface area contributed by atoms with Crippen LogP contribution in [0.3, 0.4) is 0 Å². The average molecular weight is 556 g/mol. The summed E-state index contributed by atoms with van der Waals surface area (Å²) in [5.41, 5.74) is 0. The van der Waals surface area contributed by atoms with Gasteiger partial charge in [-0.3, -0.25) is 9.69 Å². The highest BCUT2D eigenvalue weighted by molar-refractivity contribution is 5.82. The predicted octanol–water partition coefficient (Wildman–Crippen LogP) is 6.75. The van der Waals surface area contributed by atoms with Crippen LogP contribution < -0.4 is 0 Å². The Bertz CT molecular complexity index is 705. The van der Waals surface area contributed by atoms with Gasteiger partial charge in [0.15, 0.2) is 0 Å². The minimum atomic E-state index is -4.63. The van der Waals surface area contributed by atoms with E-state index in [1.807, 2.05) is 0 Å². The molecule has 0 N–H and O–H groups in total. The van der Waals surface area contributed by atoms with Gasteiger partial charge in [0.2, 0.25) is 5.91 Å². The van der Waals surface area contributed by atoms with Crippen LogP contribution in [-0.2, 0) is 4.79 Å². The fourth-order valence-corrected chi connectivity index (χ4v) is 7.29. The summed E-state index contributed by atoms with van der Waals surface area (Å²) in [7, 11) is 1.67. The number of piperidine rings is 1. The number of carbonyl (C=O) groups excluding carboxylic acids is 1. The molecule has 222 valence electrons. The van der Waals surface area contributed by atoms with Crippen LogP contribution in [0.5, 0.6) is 0 Å². The maximum atomic E-state index is 13.8. The maximum absolute atomic E-state index is 13.8. The number of amides is 1. The van der Waals surface area contributed by atoms with E-state index in [0.717, 1.165) is 64.7 Å². The summed E-state index contributed by atoms with van der Waals surface area (Å²) in [5, 5.41) is 0. The molecule has 10 heteroatoms. The Morgan fingerprint density at radius 1 is 0.842 bits per heavy atom. The van der Waals surface area contributed by atoms with Crippen LogP contribution in [0, 0.1) is 23.7 Å². The van der Waals surface area contributed by atoms with Crippen LogP contribution in [0.2, 0.25) is 0 Å². The zero-order valence-corrected chi connectivity index (χ0v) is 23.3. The van der Waals surface area contributed by atoms with Crippen LogP contribution in [0.15, 0.2) is 0 Å². The molecular weight excluding hydrogens is 508 g/mol. The molecule has 1 amide bonds. The minimum absolute atomic E-state index is 0.0197. The topological polar surface area (TPSA) is 26.8 Å². The largest absolute Gasteiger partial charge is 0.391 e. The van der Waals surface area contributed by atoms with E-state index >= 15 is 0 Å². The second-order valence-electron chi connectivity index (χ2n) is 11.9. The fraction of sp³-hybridized carbons (Fsp3) is 0.964. The lowest BCUT2D eigenvalue weighted by molar-refractivity contribution is -0.229. The molecule has 3 unspecified atom stereocenters. The van der Waals surface area contributed by atoms with Gasteiger partial charge in [-0.25, -0.2) is 0 Å². The Balaban J connectivity index is 1.65. The van der Waals surface area contributed by atoms with E-state index in [1.54, 1.807) is 11.9 Å². The molecule has 2 saturated carbocycles. The Hall–Kier alpha value is -1.03. The van der Waals surface area contributed by atoms with E-state index in [2.05, 4.69) is 23.6 Å². The molecule has 0 aromatic carbocycles. The normalized spacial score (nSPS) is 28.0. The van der Waals surface area contributed by atoms with Gasteiger partial charge in [0.1, 0.15) is 0 Å². The molecule has 0 aromatic rings. The van der Waals surface area contributed by atoms with Crippen molar-refractivity contribution in [1.29, 1.82) is 0 Å². The van der Waals surface area contributed by atoms with E-state index < -0.39 is 36.5 Å². The Labute approximate surface area is 224 Å². The van der Waals surface area contributed by atoms with Crippen molar-refractivity contribution >= 4 is 5.91 Å². The van der Waals surface area contributed by atoms with Crippen molar-refractivity contribution in [3.05, 3.63) is 0 Å². The van der Waals surface area contributed by atoms with Crippen LogP contribution >= 0.6 is 0 Å². The second kappa shape index (κ2) is 13.6. The van der Waals surface area contributed by atoms with Crippen molar-refractivity contribution < 1.29 is 31.1 Å². The van der Waals surface area contributed by atoms with Gasteiger partial charge in [0, 0.05) is 32.7 Å². The number of nitrogens with zero attached hydrogens (tertiary/aromatic N) is 3. The number of carbonyl (C=O) groups is 1. The SMILES string of the molecule is CCN(CC)C1CCN(C(C(=O)N(C)CCC2CC(C(F)(F)F)CC(C(F)(F)F)C2)C2CCCCC2)CC1. The number of hydrogen-bond donors (Lipinski definition) is 0.